The van der Waals surface area contributed by atoms with Gasteiger partial charge in [-0.3, -0.25) is 4.98 Å². The van der Waals surface area contributed by atoms with E-state index >= 15 is 0 Å². The zero-order valence-electron chi connectivity index (χ0n) is 10.7. The molecule has 0 aliphatic rings. The van der Waals surface area contributed by atoms with E-state index in [1.807, 2.05) is 12.3 Å². The molecule has 19 heavy (non-hydrogen) atoms. The fourth-order valence-electron chi connectivity index (χ4n) is 2.24. The molecule has 1 aromatic carbocycles. The molecule has 0 bridgehead atoms. The molecule has 0 fully saturated rings. The molecule has 98 valence electrons. The number of nitrogens with one attached hydrogen (secondary N) is 1. The summed E-state index contributed by atoms with van der Waals surface area (Å²) < 4.78 is 0. The quantitative estimate of drug-likeness (QED) is 0.455. The molecular formula is C15H14I2N2. The van der Waals surface area contributed by atoms with E-state index in [0.717, 1.165) is 5.56 Å². The van der Waals surface area contributed by atoms with Crippen LogP contribution >= 0.6 is 37.2 Å². The fraction of sp³-hybridized carbons (Fsp3) is 0.133. The van der Waals surface area contributed by atoms with Crippen LogP contribution in [0.2, 0.25) is 0 Å². The highest BCUT2D eigenvalue weighted by atomic mass is 128. The average Bonchev–Trinajstić information content (AvgIpc) is 2.79. The largest absolute Gasteiger partial charge is 0.354 e. The van der Waals surface area contributed by atoms with Gasteiger partial charge >= 0.3 is 0 Å². The molecule has 3 rings (SSSR count). The van der Waals surface area contributed by atoms with Gasteiger partial charge in [-0.05, 0) is 43.7 Å². The lowest BCUT2D eigenvalue weighted by molar-refractivity contribution is 1.30. The van der Waals surface area contributed by atoms with Crippen molar-refractivity contribution in [1.29, 1.82) is 0 Å². The number of aromatic nitrogens is 2. The second kappa shape index (κ2) is 6.69. The Labute approximate surface area is 136 Å². The highest BCUT2D eigenvalue weighted by Crippen LogP contribution is 2.29. The smallest absolute Gasteiger partial charge is 0.0510 e. The molecule has 4 heteroatoms. The first-order valence-electron chi connectivity index (χ1n) is 5.89. The van der Waals surface area contributed by atoms with Crippen LogP contribution in [-0.2, 0) is 0 Å². The Kier molecular flexibility index (Phi) is 5.20. The van der Waals surface area contributed by atoms with Gasteiger partial charge in [-0.2, -0.15) is 0 Å². The summed E-state index contributed by atoms with van der Waals surface area (Å²) >= 11 is 4.24. The Bertz CT molecular complexity index is 675. The maximum Gasteiger partial charge on any atom is 0.0510 e. The predicted molar refractivity (Wildman–Crippen MR) is 99.0 cm³/mol. The number of benzene rings is 1. The summed E-state index contributed by atoms with van der Waals surface area (Å²) in [4.78, 5) is 7.64. The maximum absolute atomic E-state index is 4.17. The van der Waals surface area contributed by atoms with Crippen molar-refractivity contribution in [2.45, 2.75) is 13.8 Å². The Hall–Kier alpha value is -0.630. The van der Waals surface area contributed by atoms with Crippen molar-refractivity contribution in [3.05, 3.63) is 53.9 Å². The van der Waals surface area contributed by atoms with Gasteiger partial charge in [0.2, 0.25) is 0 Å². The van der Waals surface area contributed by atoms with Gasteiger partial charge in [0.15, 0.2) is 0 Å². The number of rotatable bonds is 1. The molecule has 0 saturated heterocycles. The van der Waals surface area contributed by atoms with Crippen LogP contribution in [0.25, 0.3) is 22.2 Å². The highest BCUT2D eigenvalue weighted by Gasteiger charge is 2.09. The van der Waals surface area contributed by atoms with Crippen LogP contribution in [0.1, 0.15) is 11.1 Å². The van der Waals surface area contributed by atoms with Crippen molar-refractivity contribution >= 4 is 48.1 Å². The number of nitrogens with zero attached hydrogens (tertiary/aromatic N) is 1. The number of H-pyrrole nitrogens is 1. The van der Waals surface area contributed by atoms with Crippen LogP contribution in [0.3, 0.4) is 0 Å². The number of pyridine rings is 1. The van der Waals surface area contributed by atoms with Gasteiger partial charge in [-0.25, -0.2) is 0 Å². The summed E-state index contributed by atoms with van der Waals surface area (Å²) in [6.45, 7) is 4.27. The van der Waals surface area contributed by atoms with Crippen LogP contribution in [-0.4, -0.2) is 9.97 Å². The summed E-state index contributed by atoms with van der Waals surface area (Å²) in [5, 5.41) is 1.30. The van der Waals surface area contributed by atoms with Crippen molar-refractivity contribution < 1.29 is 0 Å². The van der Waals surface area contributed by atoms with Crippen molar-refractivity contribution in [3.63, 3.8) is 0 Å². The molecule has 3 aromatic rings. The van der Waals surface area contributed by atoms with Crippen molar-refractivity contribution in [3.8, 4) is 11.3 Å². The number of aryl methyl sites for hydroxylation is 2. The van der Waals surface area contributed by atoms with E-state index in [0.29, 0.717) is 0 Å². The minimum absolute atomic E-state index is 1.14. The predicted octanol–water partition coefficient (Wildman–Crippen LogP) is 5.62. The van der Waals surface area contributed by atoms with Gasteiger partial charge in [-0.1, -0.05) is 11.6 Å². The second-order valence-electron chi connectivity index (χ2n) is 4.42. The average molecular weight is 476 g/mol. The molecule has 0 spiro atoms. The third kappa shape index (κ3) is 3.10. The second-order valence-corrected chi connectivity index (χ2v) is 4.42. The zero-order chi connectivity index (χ0) is 13.8. The van der Waals surface area contributed by atoms with Crippen LogP contribution in [0.5, 0.6) is 0 Å². The summed E-state index contributed by atoms with van der Waals surface area (Å²) in [5.74, 6) is 0. The van der Waals surface area contributed by atoms with E-state index in [2.05, 4.69) is 85.3 Å². The summed E-state index contributed by atoms with van der Waals surface area (Å²) in [6, 6.07) is 10.5. The first-order chi connectivity index (χ1) is 9.25. The molecule has 2 heterocycles. The highest BCUT2D eigenvalue weighted by molar-refractivity contribution is 15.0. The molecule has 0 atom stereocenters. The minimum atomic E-state index is 1.14. The Balaban J connectivity index is 0.000000637. The van der Waals surface area contributed by atoms with E-state index in [1.165, 1.54) is 27.7 Å². The van der Waals surface area contributed by atoms with Crippen LogP contribution in [0.4, 0.5) is 0 Å². The third-order valence-corrected chi connectivity index (χ3v) is 3.16. The summed E-state index contributed by atoms with van der Waals surface area (Å²) in [7, 11) is 0. The first-order valence-corrected chi connectivity index (χ1v) is 12.2. The standard InChI is InChI=1S/C15H14N2.I2/c1-10-5-6-14-13(8-10)11(2)15(17-14)12-4-3-7-16-9-12;1-2/h3-9,17H,1-2H3;. The van der Waals surface area contributed by atoms with E-state index in [-0.39, 0.29) is 0 Å². The number of hydrogen-bond donors (Lipinski definition) is 1. The Morgan fingerprint density at radius 2 is 1.89 bits per heavy atom. The molecule has 2 nitrogen and oxygen atoms in total. The van der Waals surface area contributed by atoms with Gasteiger partial charge < -0.3 is 4.98 Å². The lowest BCUT2D eigenvalue weighted by Gasteiger charge is -1.98. The molecule has 0 aliphatic carbocycles. The Morgan fingerprint density at radius 3 is 2.58 bits per heavy atom. The summed E-state index contributed by atoms with van der Waals surface area (Å²) in [6.07, 6.45) is 3.69. The molecule has 1 N–H and O–H groups in total. The normalized spacial score (nSPS) is 10.1. The topological polar surface area (TPSA) is 28.7 Å². The lowest BCUT2D eigenvalue weighted by Crippen LogP contribution is -1.81. The number of aromatic amines is 1. The Morgan fingerprint density at radius 1 is 1.11 bits per heavy atom. The van der Waals surface area contributed by atoms with Crippen molar-refractivity contribution in [2.24, 2.45) is 0 Å². The first kappa shape index (κ1) is 14.8. The molecule has 0 radical (unpaired) electrons. The van der Waals surface area contributed by atoms with E-state index in [9.17, 15) is 0 Å². The fourth-order valence-corrected chi connectivity index (χ4v) is 2.24. The third-order valence-electron chi connectivity index (χ3n) is 3.16. The van der Waals surface area contributed by atoms with Crippen molar-refractivity contribution in [1.82, 2.24) is 9.97 Å². The van der Waals surface area contributed by atoms with Gasteiger partial charge in [0.1, 0.15) is 0 Å². The van der Waals surface area contributed by atoms with E-state index < -0.39 is 0 Å². The van der Waals surface area contributed by atoms with E-state index in [1.54, 1.807) is 6.20 Å². The zero-order valence-corrected chi connectivity index (χ0v) is 15.1. The van der Waals surface area contributed by atoms with Crippen LogP contribution < -0.4 is 0 Å². The minimum Gasteiger partial charge on any atom is -0.354 e. The van der Waals surface area contributed by atoms with Gasteiger partial charge in [0, 0.05) is 66.1 Å². The number of halogens is 2. The molecule has 2 aromatic heterocycles. The number of hydrogen-bond acceptors (Lipinski definition) is 1. The van der Waals surface area contributed by atoms with Gasteiger partial charge in [0.05, 0.1) is 5.69 Å². The number of fused-ring (bicyclic) bond motifs is 1. The lowest BCUT2D eigenvalue weighted by atomic mass is 10.1. The van der Waals surface area contributed by atoms with Gasteiger partial charge in [0.25, 0.3) is 0 Å². The molecule has 0 saturated carbocycles. The monoisotopic (exact) mass is 476 g/mol. The molecular weight excluding hydrogens is 462 g/mol. The van der Waals surface area contributed by atoms with Gasteiger partial charge in [-0.15, -0.1) is 0 Å². The maximum atomic E-state index is 4.17. The summed E-state index contributed by atoms with van der Waals surface area (Å²) in [5.41, 5.74) is 6.07. The van der Waals surface area contributed by atoms with Crippen LogP contribution in [0.15, 0.2) is 42.7 Å². The van der Waals surface area contributed by atoms with Crippen molar-refractivity contribution in [2.75, 3.05) is 0 Å². The molecule has 0 aliphatic heterocycles. The van der Waals surface area contributed by atoms with E-state index in [4.69, 9.17) is 0 Å². The SMILES string of the molecule is Cc1ccc2[nH]c(-c3cccnc3)c(C)c2c1.II. The molecule has 0 amide bonds. The van der Waals surface area contributed by atoms with Crippen LogP contribution in [0, 0.1) is 13.8 Å². The molecule has 0 unspecified atom stereocenters.